The van der Waals surface area contributed by atoms with Crippen LogP contribution >= 0.6 is 11.3 Å². The van der Waals surface area contributed by atoms with Crippen LogP contribution in [0, 0.1) is 6.92 Å². The molecule has 0 atom stereocenters. The number of carbonyl (C=O) groups is 1. The first kappa shape index (κ1) is 18.3. The zero-order valence-electron chi connectivity index (χ0n) is 16.0. The Balaban J connectivity index is 1.73. The van der Waals surface area contributed by atoms with Gasteiger partial charge in [-0.2, -0.15) is 0 Å². The highest BCUT2D eigenvalue weighted by Gasteiger charge is 2.20. The second-order valence-corrected chi connectivity index (χ2v) is 7.67. The van der Waals surface area contributed by atoms with Crippen LogP contribution in [0.3, 0.4) is 0 Å². The van der Waals surface area contributed by atoms with Crippen LogP contribution in [0.15, 0.2) is 78.4 Å². The number of thiophene rings is 1. The minimum atomic E-state index is -0.0862. The molecule has 0 bridgehead atoms. The molecule has 1 N–H and O–H groups in total. The fourth-order valence-electron chi connectivity index (χ4n) is 3.28. The summed E-state index contributed by atoms with van der Waals surface area (Å²) in [6.07, 6.45) is 4.94. The third-order valence-corrected chi connectivity index (χ3v) is 5.75. The average Bonchev–Trinajstić information content (AvgIpc) is 3.38. The Labute approximate surface area is 169 Å². The lowest BCUT2D eigenvalue weighted by Crippen LogP contribution is -2.13. The Hall–Kier alpha value is -3.11. The number of nitrogens with zero attached hydrogens (tertiary/aromatic N) is 1. The third-order valence-electron chi connectivity index (χ3n) is 4.78. The number of hydrogen-bond donors (Lipinski definition) is 1. The summed E-state index contributed by atoms with van der Waals surface area (Å²) in [5.41, 5.74) is 6.37. The summed E-state index contributed by atoms with van der Waals surface area (Å²) in [4.78, 5) is 13.8. The number of nitrogens with one attached hydrogen (secondary N) is 1. The van der Waals surface area contributed by atoms with Crippen molar-refractivity contribution in [1.82, 2.24) is 4.57 Å². The largest absolute Gasteiger partial charge is 0.322 e. The van der Waals surface area contributed by atoms with Gasteiger partial charge in [-0.25, -0.2) is 0 Å². The lowest BCUT2D eigenvalue weighted by atomic mass is 10.0. The zero-order chi connectivity index (χ0) is 19.5. The van der Waals surface area contributed by atoms with Gasteiger partial charge in [0, 0.05) is 29.0 Å². The molecule has 0 aliphatic rings. The smallest absolute Gasteiger partial charge is 0.267 e. The molecule has 0 saturated carbocycles. The Morgan fingerprint density at radius 3 is 2.46 bits per heavy atom. The molecule has 0 unspecified atom stereocenters. The molecule has 140 valence electrons. The summed E-state index contributed by atoms with van der Waals surface area (Å²) in [5, 5.41) is 5.11. The van der Waals surface area contributed by atoms with E-state index in [4.69, 9.17) is 0 Å². The van der Waals surface area contributed by atoms with Gasteiger partial charge in [-0.3, -0.25) is 4.79 Å². The van der Waals surface area contributed by atoms with E-state index in [1.165, 1.54) is 22.5 Å². The lowest BCUT2D eigenvalue weighted by Gasteiger charge is -2.11. The van der Waals surface area contributed by atoms with Crippen LogP contribution in [0.4, 0.5) is 5.69 Å². The predicted octanol–water partition coefficient (Wildman–Crippen LogP) is 6.33. The highest BCUT2D eigenvalue weighted by atomic mass is 32.1. The van der Waals surface area contributed by atoms with E-state index in [9.17, 15) is 4.79 Å². The van der Waals surface area contributed by atoms with Crippen molar-refractivity contribution in [3.63, 3.8) is 0 Å². The maximum atomic E-state index is 13.1. The van der Waals surface area contributed by atoms with Crippen molar-refractivity contribution in [3.05, 3.63) is 94.4 Å². The number of hydrogen-bond acceptors (Lipinski definition) is 2. The van der Waals surface area contributed by atoms with Crippen molar-refractivity contribution in [2.24, 2.45) is 0 Å². The van der Waals surface area contributed by atoms with Gasteiger partial charge >= 0.3 is 0 Å². The van der Waals surface area contributed by atoms with Crippen LogP contribution in [0.1, 0.15) is 27.7 Å². The molecule has 4 aromatic rings. The van der Waals surface area contributed by atoms with Crippen LogP contribution in [-0.4, -0.2) is 10.5 Å². The number of aromatic nitrogens is 1. The van der Waals surface area contributed by atoms with Crippen molar-refractivity contribution >= 4 is 22.9 Å². The Kier molecular flexibility index (Phi) is 5.13. The Bertz CT molecular complexity index is 1090. The van der Waals surface area contributed by atoms with E-state index < -0.39 is 0 Å². The van der Waals surface area contributed by atoms with Gasteiger partial charge in [0.2, 0.25) is 0 Å². The summed E-state index contributed by atoms with van der Waals surface area (Å²) in [6, 6.07) is 20.3. The standard InChI is InChI=1S/C24H22N2OS/c1-3-18-9-11-20(12-10-18)25-24(27)23-22(26-13-4-5-14-26)21(16-28-23)19-8-6-7-17(2)15-19/h4-16H,3H2,1-2H3,(H,25,27). The van der Waals surface area contributed by atoms with Gasteiger partial charge in [0.05, 0.1) is 5.69 Å². The van der Waals surface area contributed by atoms with E-state index in [0.29, 0.717) is 4.88 Å². The summed E-state index contributed by atoms with van der Waals surface area (Å²) in [5.74, 6) is -0.0862. The fourth-order valence-corrected chi connectivity index (χ4v) is 4.25. The van der Waals surface area contributed by atoms with Crippen LogP contribution in [0.25, 0.3) is 16.8 Å². The van der Waals surface area contributed by atoms with Crippen LogP contribution in [0.5, 0.6) is 0 Å². The Morgan fingerprint density at radius 2 is 1.79 bits per heavy atom. The second kappa shape index (κ2) is 7.87. The maximum Gasteiger partial charge on any atom is 0.267 e. The van der Waals surface area contributed by atoms with Crippen LogP contribution in [-0.2, 0) is 6.42 Å². The fraction of sp³-hybridized carbons (Fsp3) is 0.125. The third kappa shape index (κ3) is 3.64. The van der Waals surface area contributed by atoms with Gasteiger partial charge in [-0.05, 0) is 48.7 Å². The summed E-state index contributed by atoms with van der Waals surface area (Å²) >= 11 is 1.48. The van der Waals surface area contributed by atoms with Gasteiger partial charge < -0.3 is 9.88 Å². The van der Waals surface area contributed by atoms with Gasteiger partial charge in [0.15, 0.2) is 0 Å². The molecular formula is C24H22N2OS. The molecule has 1 amide bonds. The van der Waals surface area contributed by atoms with Gasteiger partial charge in [-0.15, -0.1) is 11.3 Å². The van der Waals surface area contributed by atoms with Gasteiger partial charge in [0.1, 0.15) is 4.88 Å². The molecule has 3 nitrogen and oxygen atoms in total. The maximum absolute atomic E-state index is 13.1. The highest BCUT2D eigenvalue weighted by Crippen LogP contribution is 2.35. The minimum absolute atomic E-state index is 0.0862. The molecule has 28 heavy (non-hydrogen) atoms. The van der Waals surface area contributed by atoms with Gasteiger partial charge in [0.25, 0.3) is 5.91 Å². The molecule has 4 heteroatoms. The van der Waals surface area contributed by atoms with E-state index in [1.807, 2.05) is 41.2 Å². The first-order valence-corrected chi connectivity index (χ1v) is 10.3. The lowest BCUT2D eigenvalue weighted by molar-refractivity contribution is 0.103. The molecular weight excluding hydrogens is 364 g/mol. The van der Waals surface area contributed by atoms with Crippen LogP contribution < -0.4 is 5.32 Å². The molecule has 0 saturated heterocycles. The number of aryl methyl sites for hydroxylation is 2. The van der Waals surface area contributed by atoms with Crippen molar-refractivity contribution in [1.29, 1.82) is 0 Å². The number of rotatable bonds is 5. The normalized spacial score (nSPS) is 10.8. The molecule has 2 aromatic carbocycles. The number of benzene rings is 2. The SMILES string of the molecule is CCc1ccc(NC(=O)c2scc(-c3cccc(C)c3)c2-n2cccc2)cc1. The summed E-state index contributed by atoms with van der Waals surface area (Å²) < 4.78 is 2.02. The van der Waals surface area contributed by atoms with Crippen molar-refractivity contribution < 1.29 is 4.79 Å². The zero-order valence-corrected chi connectivity index (χ0v) is 16.8. The Morgan fingerprint density at radius 1 is 1.04 bits per heavy atom. The monoisotopic (exact) mass is 386 g/mol. The van der Waals surface area contributed by atoms with E-state index in [0.717, 1.165) is 28.9 Å². The molecule has 2 heterocycles. The molecule has 2 aromatic heterocycles. The topological polar surface area (TPSA) is 34.0 Å². The summed E-state index contributed by atoms with van der Waals surface area (Å²) in [7, 11) is 0. The summed E-state index contributed by atoms with van der Waals surface area (Å²) in [6.45, 7) is 4.20. The minimum Gasteiger partial charge on any atom is -0.322 e. The molecule has 0 aliphatic heterocycles. The van der Waals surface area contributed by atoms with E-state index in [2.05, 4.69) is 60.9 Å². The molecule has 0 spiro atoms. The predicted molar refractivity (Wildman–Crippen MR) is 118 cm³/mol. The van der Waals surface area contributed by atoms with Gasteiger partial charge in [-0.1, -0.05) is 48.9 Å². The van der Waals surface area contributed by atoms with E-state index in [-0.39, 0.29) is 5.91 Å². The second-order valence-electron chi connectivity index (χ2n) is 6.79. The van der Waals surface area contributed by atoms with Crippen LogP contribution in [0.2, 0.25) is 0 Å². The quantitative estimate of drug-likeness (QED) is 0.427. The molecule has 4 rings (SSSR count). The van der Waals surface area contributed by atoms with Crippen molar-refractivity contribution in [2.45, 2.75) is 20.3 Å². The molecule has 0 aliphatic carbocycles. The van der Waals surface area contributed by atoms with E-state index in [1.54, 1.807) is 0 Å². The average molecular weight is 387 g/mol. The number of amides is 1. The molecule has 0 radical (unpaired) electrons. The first-order chi connectivity index (χ1) is 13.7. The molecule has 0 fully saturated rings. The highest BCUT2D eigenvalue weighted by molar-refractivity contribution is 7.13. The van der Waals surface area contributed by atoms with E-state index >= 15 is 0 Å². The van der Waals surface area contributed by atoms with Crippen molar-refractivity contribution in [2.75, 3.05) is 5.32 Å². The number of anilines is 1. The van der Waals surface area contributed by atoms with Crippen molar-refractivity contribution in [3.8, 4) is 16.8 Å². The first-order valence-electron chi connectivity index (χ1n) is 9.38. The number of carbonyl (C=O) groups excluding carboxylic acids is 1.